The number of hydrogen-bond acceptors (Lipinski definition) is 3. The highest BCUT2D eigenvalue weighted by molar-refractivity contribution is 6.13. The van der Waals surface area contributed by atoms with Gasteiger partial charge in [-0.3, -0.25) is 0 Å². The summed E-state index contributed by atoms with van der Waals surface area (Å²) >= 11 is 0. The van der Waals surface area contributed by atoms with E-state index >= 15 is 0 Å². The molecule has 8 nitrogen and oxygen atoms in total. The van der Waals surface area contributed by atoms with Crippen LogP contribution in [0.5, 0.6) is 0 Å². The maximum absolute atomic E-state index is 14.0. The second kappa shape index (κ2) is 15.5. The lowest BCUT2D eigenvalue weighted by Gasteiger charge is -2.20. The minimum absolute atomic E-state index is 0.101. The Morgan fingerprint density at radius 3 is 1.41 bits per heavy atom. The van der Waals surface area contributed by atoms with Gasteiger partial charge in [0.15, 0.2) is 17.1 Å². The first-order valence-corrected chi connectivity index (χ1v) is 20.2. The average molecular weight is 855 g/mol. The fraction of sp³-hybridized carbons (Fsp3) is 0.0182. The lowest BCUT2D eigenvalue weighted by Crippen LogP contribution is -2.06. The Kier molecular flexibility index (Phi) is 9.41. The molecule has 0 spiro atoms. The van der Waals surface area contributed by atoms with E-state index in [0.717, 1.165) is 66.9 Å². The first-order valence-electron chi connectivity index (χ1n) is 20.2. The van der Waals surface area contributed by atoms with Gasteiger partial charge in [-0.15, -0.1) is 0 Å². The fourth-order valence-electron chi connectivity index (χ4n) is 8.92. The van der Waals surface area contributed by atoms with E-state index in [4.69, 9.17) is 19.7 Å². The van der Waals surface area contributed by atoms with Crippen LogP contribution in [-0.4, -0.2) is 9.13 Å². The summed E-state index contributed by atoms with van der Waals surface area (Å²) in [5.74, 6) is 0. The summed E-state index contributed by atoms with van der Waals surface area (Å²) in [7, 11) is 0. The lowest BCUT2D eigenvalue weighted by molar-refractivity contribution is -0.137. The number of nitrogens with zero attached hydrogens (tertiary/aromatic N) is 8. The van der Waals surface area contributed by atoms with Crippen molar-refractivity contribution in [2.75, 3.05) is 0 Å². The van der Waals surface area contributed by atoms with Crippen LogP contribution in [0.15, 0.2) is 152 Å². The van der Waals surface area contributed by atoms with E-state index in [9.17, 15) is 29.0 Å². The maximum atomic E-state index is 14.0. The summed E-state index contributed by atoms with van der Waals surface area (Å²) in [4.78, 5) is 11.1. The molecule has 10 rings (SSSR count). The minimum Gasteiger partial charge on any atom is -0.308 e. The normalized spacial score (nSPS) is 11.2. The first kappa shape index (κ1) is 40.2. The van der Waals surface area contributed by atoms with Crippen molar-refractivity contribution in [2.24, 2.45) is 0 Å². The van der Waals surface area contributed by atoms with E-state index in [0.29, 0.717) is 45.0 Å². The summed E-state index contributed by atoms with van der Waals surface area (Å²) in [6.07, 6.45) is -4.70. The number of halogens is 3. The molecule has 0 N–H and O–H groups in total. The van der Waals surface area contributed by atoms with Gasteiger partial charge in [0, 0.05) is 32.7 Å². The van der Waals surface area contributed by atoms with E-state index in [1.807, 2.05) is 100 Å². The zero-order chi connectivity index (χ0) is 45.9. The van der Waals surface area contributed by atoms with Crippen LogP contribution in [0, 0.1) is 53.7 Å². The molecule has 0 amide bonds. The maximum Gasteiger partial charge on any atom is 0.416 e. The van der Waals surface area contributed by atoms with Crippen LogP contribution in [0.1, 0.15) is 22.3 Å². The molecule has 2 heterocycles. The SMILES string of the molecule is [C-]#[N+]c1cc(C#N)cc(-c2ccc3c(c2)c2ccccc2n3-c2cc([N+]#[C-])c(-c3ccc(C(F)(F)F)cc3C#N)cc2-n2c3ccccc3c3cc(-c4cc(C#N)cc([N+]#[C-])c4)ccc32)c1. The van der Waals surface area contributed by atoms with Gasteiger partial charge in [0.1, 0.15) is 0 Å². The highest BCUT2D eigenvalue weighted by Gasteiger charge is 2.32. The standard InChI is InChI=1S/C55H25F3N8/c1-62-40-20-32(29-59)18-36(23-40)34-12-16-51-46(25-34)43-8-4-6-10-49(43)65(51)53-27-45(42-15-14-39(55(56,57)58)22-38(42)31-61)48(64-3)28-54(53)66-50-11-7-5-9-44(50)47-26-35(13-17-52(47)66)37-19-33(30-60)21-41(24-37)63-2/h4-28H. The van der Waals surface area contributed by atoms with Gasteiger partial charge in [-0.25, -0.2) is 14.5 Å². The molecule has 0 saturated heterocycles. The monoisotopic (exact) mass is 854 g/mol. The van der Waals surface area contributed by atoms with E-state index in [-0.39, 0.29) is 22.4 Å². The fourth-order valence-corrected chi connectivity index (χ4v) is 8.92. The lowest BCUT2D eigenvalue weighted by atomic mass is 9.95. The minimum atomic E-state index is -4.70. The second-order valence-electron chi connectivity index (χ2n) is 15.5. The van der Waals surface area contributed by atoms with Gasteiger partial charge >= 0.3 is 6.18 Å². The highest BCUT2D eigenvalue weighted by atomic mass is 19.4. The molecule has 0 atom stereocenters. The average Bonchev–Trinajstić information content (AvgIpc) is 3.87. The Labute approximate surface area is 374 Å². The van der Waals surface area contributed by atoms with Crippen molar-refractivity contribution in [1.82, 2.24) is 9.13 Å². The van der Waals surface area contributed by atoms with Gasteiger partial charge in [-0.05, 0) is 130 Å². The van der Waals surface area contributed by atoms with E-state index in [2.05, 4.69) is 26.7 Å². The molecule has 0 unspecified atom stereocenters. The van der Waals surface area contributed by atoms with Gasteiger partial charge in [0.05, 0.1) is 82.5 Å². The van der Waals surface area contributed by atoms with Crippen molar-refractivity contribution in [1.29, 1.82) is 15.8 Å². The zero-order valence-electron chi connectivity index (χ0n) is 34.1. The Balaban J connectivity index is 1.31. The van der Waals surface area contributed by atoms with Crippen LogP contribution in [0.25, 0.3) is 103 Å². The molecule has 0 fully saturated rings. The van der Waals surface area contributed by atoms with Crippen LogP contribution in [0.2, 0.25) is 0 Å². The number of aromatic nitrogens is 2. The highest BCUT2D eigenvalue weighted by Crippen LogP contribution is 2.46. The largest absolute Gasteiger partial charge is 0.416 e. The Morgan fingerprint density at radius 2 is 0.939 bits per heavy atom. The van der Waals surface area contributed by atoms with Crippen molar-refractivity contribution in [3.8, 4) is 63.0 Å². The van der Waals surface area contributed by atoms with Crippen molar-refractivity contribution >= 4 is 60.7 Å². The molecule has 8 aromatic carbocycles. The van der Waals surface area contributed by atoms with Crippen molar-refractivity contribution in [2.45, 2.75) is 6.18 Å². The molecular formula is C55H25F3N8. The van der Waals surface area contributed by atoms with E-state index < -0.39 is 11.7 Å². The Hall–Kier alpha value is -9.91. The molecular weight excluding hydrogens is 830 g/mol. The molecule has 306 valence electrons. The van der Waals surface area contributed by atoms with Crippen LogP contribution in [0.3, 0.4) is 0 Å². The third-order valence-corrected chi connectivity index (χ3v) is 11.8. The van der Waals surface area contributed by atoms with Crippen molar-refractivity contribution in [3.63, 3.8) is 0 Å². The topological polar surface area (TPSA) is 94.3 Å². The summed E-state index contributed by atoms with van der Waals surface area (Å²) in [6.45, 7) is 23.8. The molecule has 2 aromatic heterocycles. The van der Waals surface area contributed by atoms with Gasteiger partial charge in [-0.1, -0.05) is 54.6 Å². The summed E-state index contributed by atoms with van der Waals surface area (Å²) in [5, 5.41) is 33.2. The molecule has 0 saturated carbocycles. The number of rotatable bonds is 5. The van der Waals surface area contributed by atoms with Gasteiger partial charge in [-0.2, -0.15) is 29.0 Å². The summed E-state index contributed by atoms with van der Waals surface area (Å²) < 4.78 is 46.0. The summed E-state index contributed by atoms with van der Waals surface area (Å²) in [6, 6.07) is 49.9. The first-order chi connectivity index (χ1) is 32.0. The van der Waals surface area contributed by atoms with E-state index in [1.165, 1.54) is 12.1 Å². The number of benzene rings is 8. The number of alkyl halides is 3. The number of fused-ring (bicyclic) bond motifs is 6. The molecule has 0 radical (unpaired) electrons. The van der Waals surface area contributed by atoms with Crippen LogP contribution in [-0.2, 0) is 6.18 Å². The van der Waals surface area contributed by atoms with Gasteiger partial charge in [0.25, 0.3) is 0 Å². The summed E-state index contributed by atoms with van der Waals surface area (Å²) in [5.41, 5.74) is 7.73. The molecule has 66 heavy (non-hydrogen) atoms. The number of para-hydroxylation sites is 2. The second-order valence-corrected chi connectivity index (χ2v) is 15.5. The predicted octanol–water partition coefficient (Wildman–Crippen LogP) is 15.2. The van der Waals surface area contributed by atoms with Crippen LogP contribution < -0.4 is 0 Å². The smallest absolute Gasteiger partial charge is 0.308 e. The van der Waals surface area contributed by atoms with Crippen LogP contribution in [0.4, 0.5) is 30.2 Å². The van der Waals surface area contributed by atoms with Crippen molar-refractivity contribution < 1.29 is 13.2 Å². The molecule has 11 heteroatoms. The molecule has 0 bridgehead atoms. The number of nitriles is 3. The molecule has 0 aliphatic heterocycles. The zero-order valence-corrected chi connectivity index (χ0v) is 34.1. The quantitative estimate of drug-likeness (QED) is 0.161. The van der Waals surface area contributed by atoms with Crippen LogP contribution >= 0.6 is 0 Å². The van der Waals surface area contributed by atoms with Gasteiger partial charge in [0.2, 0.25) is 0 Å². The molecule has 0 aliphatic carbocycles. The Morgan fingerprint density at radius 1 is 0.439 bits per heavy atom. The predicted molar refractivity (Wildman–Crippen MR) is 249 cm³/mol. The Bertz CT molecular complexity index is 3950. The van der Waals surface area contributed by atoms with Crippen molar-refractivity contribution in [3.05, 3.63) is 208 Å². The number of hydrogen-bond donors (Lipinski definition) is 0. The van der Waals surface area contributed by atoms with Gasteiger partial charge < -0.3 is 9.13 Å². The third-order valence-electron chi connectivity index (χ3n) is 11.8. The van der Waals surface area contributed by atoms with E-state index in [1.54, 1.807) is 42.5 Å². The molecule has 10 aromatic rings. The third kappa shape index (κ3) is 6.51. The molecule has 0 aliphatic rings.